The van der Waals surface area contributed by atoms with E-state index in [9.17, 15) is 4.79 Å². The second-order valence-electron chi connectivity index (χ2n) is 5.90. The van der Waals surface area contributed by atoms with Crippen LogP contribution < -0.4 is 10.6 Å². The van der Waals surface area contributed by atoms with Crippen LogP contribution in [-0.2, 0) is 4.79 Å². The Balaban J connectivity index is 2.69. The molecule has 0 saturated carbocycles. The van der Waals surface area contributed by atoms with Crippen molar-refractivity contribution in [3.63, 3.8) is 0 Å². The lowest BCUT2D eigenvalue weighted by atomic mass is 9.93. The van der Waals surface area contributed by atoms with Crippen molar-refractivity contribution >= 4 is 5.91 Å². The quantitative estimate of drug-likeness (QED) is 0.757. The van der Waals surface area contributed by atoms with Crippen LogP contribution in [0.4, 0.5) is 0 Å². The Kier molecular flexibility index (Phi) is 6.98. The topological polar surface area (TPSA) is 41.1 Å². The van der Waals surface area contributed by atoms with E-state index < -0.39 is 0 Å². The third-order valence-corrected chi connectivity index (χ3v) is 3.50. The van der Waals surface area contributed by atoms with Crippen molar-refractivity contribution in [2.45, 2.75) is 39.7 Å². The molecule has 1 amide bonds. The first-order valence-electron chi connectivity index (χ1n) is 7.49. The maximum absolute atomic E-state index is 11.6. The molecule has 3 nitrogen and oxygen atoms in total. The lowest BCUT2D eigenvalue weighted by molar-refractivity contribution is -0.120. The summed E-state index contributed by atoms with van der Waals surface area (Å²) in [6, 6.07) is 8.77. The van der Waals surface area contributed by atoms with Crippen molar-refractivity contribution in [3.05, 3.63) is 35.4 Å². The minimum atomic E-state index is -0.0719. The summed E-state index contributed by atoms with van der Waals surface area (Å²) in [5.74, 6) is 3.25. The average Bonchev–Trinajstić information content (AvgIpc) is 2.45. The highest BCUT2D eigenvalue weighted by molar-refractivity contribution is 5.78. The number of hydrogen-bond donors (Lipinski definition) is 2. The van der Waals surface area contributed by atoms with Crippen LogP contribution in [0.25, 0.3) is 0 Å². The molecule has 21 heavy (non-hydrogen) atoms. The van der Waals surface area contributed by atoms with E-state index >= 15 is 0 Å². The molecule has 1 atom stereocenters. The van der Waals surface area contributed by atoms with Gasteiger partial charge in [0.25, 0.3) is 0 Å². The van der Waals surface area contributed by atoms with Crippen molar-refractivity contribution in [2.75, 3.05) is 13.1 Å². The van der Waals surface area contributed by atoms with Gasteiger partial charge in [0.1, 0.15) is 0 Å². The molecular formula is C18H26N2O. The number of benzene rings is 1. The summed E-state index contributed by atoms with van der Waals surface area (Å²) >= 11 is 0. The third-order valence-electron chi connectivity index (χ3n) is 3.50. The first-order chi connectivity index (χ1) is 9.95. The van der Waals surface area contributed by atoms with E-state index in [0.29, 0.717) is 11.8 Å². The number of amides is 1. The minimum absolute atomic E-state index is 0.0719. The third kappa shape index (κ3) is 5.61. The van der Waals surface area contributed by atoms with Gasteiger partial charge in [0.05, 0.1) is 13.1 Å². The zero-order valence-electron chi connectivity index (χ0n) is 13.4. The molecule has 0 spiro atoms. The highest BCUT2D eigenvalue weighted by Gasteiger charge is 2.16. The monoisotopic (exact) mass is 286 g/mol. The highest BCUT2D eigenvalue weighted by Crippen LogP contribution is 2.23. The molecule has 0 fully saturated rings. The molecule has 0 saturated heterocycles. The minimum Gasteiger partial charge on any atom is -0.344 e. The molecule has 2 N–H and O–H groups in total. The average molecular weight is 286 g/mol. The molecule has 0 bridgehead atoms. The fourth-order valence-electron chi connectivity index (χ4n) is 2.24. The largest absolute Gasteiger partial charge is 0.344 e. The Hall–Kier alpha value is -1.79. The first kappa shape index (κ1) is 17.3. The predicted octanol–water partition coefficient (Wildman–Crippen LogP) is 2.85. The summed E-state index contributed by atoms with van der Waals surface area (Å²) in [6.07, 6.45) is 5.13. The van der Waals surface area contributed by atoms with Gasteiger partial charge < -0.3 is 10.6 Å². The molecule has 0 aliphatic heterocycles. The lowest BCUT2D eigenvalue weighted by Crippen LogP contribution is -2.37. The van der Waals surface area contributed by atoms with Gasteiger partial charge in [0, 0.05) is 6.04 Å². The number of carbonyl (C=O) groups is 1. The van der Waals surface area contributed by atoms with Crippen LogP contribution in [0.1, 0.15) is 50.8 Å². The normalized spacial score (nSPS) is 12.2. The molecule has 1 aromatic rings. The Morgan fingerprint density at radius 3 is 2.19 bits per heavy atom. The molecule has 0 radical (unpaired) electrons. The fraction of sp³-hybridized carbons (Fsp3) is 0.500. The number of carbonyl (C=O) groups excluding carboxylic acids is 1. The molecule has 0 aliphatic carbocycles. The summed E-state index contributed by atoms with van der Waals surface area (Å²) < 4.78 is 0. The second-order valence-corrected chi connectivity index (χ2v) is 5.90. The summed E-state index contributed by atoms with van der Waals surface area (Å²) in [6.45, 7) is 9.21. The maximum Gasteiger partial charge on any atom is 0.234 e. The number of rotatable bonds is 7. The number of hydrogen-bond acceptors (Lipinski definition) is 2. The van der Waals surface area contributed by atoms with Gasteiger partial charge in [-0.05, 0) is 23.0 Å². The fourth-order valence-corrected chi connectivity index (χ4v) is 2.24. The van der Waals surface area contributed by atoms with Crippen LogP contribution in [0.15, 0.2) is 24.3 Å². The number of nitrogens with one attached hydrogen (secondary N) is 2. The zero-order valence-corrected chi connectivity index (χ0v) is 13.4. The van der Waals surface area contributed by atoms with Gasteiger partial charge in [0.2, 0.25) is 5.91 Å². The van der Waals surface area contributed by atoms with Crippen molar-refractivity contribution in [3.8, 4) is 12.3 Å². The number of terminal acetylenes is 1. The van der Waals surface area contributed by atoms with Crippen LogP contribution >= 0.6 is 0 Å². The molecule has 0 aliphatic rings. The summed E-state index contributed by atoms with van der Waals surface area (Å²) in [4.78, 5) is 11.6. The standard InChI is InChI=1S/C18H26N2O/c1-6-11-19-17(21)12-20-18(14(4)5)16-9-7-15(8-10-16)13(2)3/h1,7-10,13-14,18,20H,11-12H2,2-5H3,(H,19,21)/t18-/m0/s1. The smallest absolute Gasteiger partial charge is 0.234 e. The zero-order chi connectivity index (χ0) is 15.8. The van der Waals surface area contributed by atoms with Gasteiger partial charge in [-0.2, -0.15) is 0 Å². The molecule has 1 aromatic carbocycles. The van der Waals surface area contributed by atoms with Gasteiger partial charge in [-0.1, -0.05) is 57.9 Å². The predicted molar refractivity (Wildman–Crippen MR) is 88.0 cm³/mol. The van der Waals surface area contributed by atoms with Crippen molar-refractivity contribution in [2.24, 2.45) is 5.92 Å². The van der Waals surface area contributed by atoms with Crippen molar-refractivity contribution in [1.29, 1.82) is 0 Å². The van der Waals surface area contributed by atoms with Gasteiger partial charge >= 0.3 is 0 Å². The van der Waals surface area contributed by atoms with Crippen LogP contribution in [0.5, 0.6) is 0 Å². The maximum atomic E-state index is 11.6. The molecule has 114 valence electrons. The molecular weight excluding hydrogens is 260 g/mol. The summed E-state index contributed by atoms with van der Waals surface area (Å²) in [5.41, 5.74) is 2.53. The molecule has 1 rings (SSSR count). The SMILES string of the molecule is C#CCNC(=O)CN[C@H](c1ccc(C(C)C)cc1)C(C)C. The van der Waals surface area contributed by atoms with Gasteiger partial charge in [0.15, 0.2) is 0 Å². The van der Waals surface area contributed by atoms with E-state index in [1.165, 1.54) is 11.1 Å². The second kappa shape index (κ2) is 8.49. The highest BCUT2D eigenvalue weighted by atomic mass is 16.1. The molecule has 3 heteroatoms. The van der Waals surface area contributed by atoms with E-state index in [2.05, 4.69) is 68.5 Å². The van der Waals surface area contributed by atoms with E-state index in [-0.39, 0.29) is 25.0 Å². The van der Waals surface area contributed by atoms with E-state index in [1.54, 1.807) is 0 Å². The molecule has 0 unspecified atom stereocenters. The molecule has 0 heterocycles. The van der Waals surface area contributed by atoms with E-state index in [1.807, 2.05) is 0 Å². The lowest BCUT2D eigenvalue weighted by Gasteiger charge is -2.23. The van der Waals surface area contributed by atoms with Crippen LogP contribution in [0, 0.1) is 18.3 Å². The van der Waals surface area contributed by atoms with Crippen molar-refractivity contribution in [1.82, 2.24) is 10.6 Å². The van der Waals surface area contributed by atoms with Gasteiger partial charge in [-0.3, -0.25) is 4.79 Å². The van der Waals surface area contributed by atoms with Gasteiger partial charge in [-0.25, -0.2) is 0 Å². The van der Waals surface area contributed by atoms with Gasteiger partial charge in [-0.15, -0.1) is 6.42 Å². The molecule has 0 aromatic heterocycles. The Bertz CT molecular complexity index is 483. The Morgan fingerprint density at radius 2 is 1.71 bits per heavy atom. The first-order valence-corrected chi connectivity index (χ1v) is 7.49. The van der Waals surface area contributed by atoms with Crippen molar-refractivity contribution < 1.29 is 4.79 Å². The van der Waals surface area contributed by atoms with Crippen LogP contribution in [0.3, 0.4) is 0 Å². The van der Waals surface area contributed by atoms with E-state index in [4.69, 9.17) is 6.42 Å². The Labute approximate surface area is 128 Å². The summed E-state index contributed by atoms with van der Waals surface area (Å²) in [5, 5.41) is 5.98. The Morgan fingerprint density at radius 1 is 1.14 bits per heavy atom. The van der Waals surface area contributed by atoms with E-state index in [0.717, 1.165) is 0 Å². The summed E-state index contributed by atoms with van der Waals surface area (Å²) in [7, 11) is 0. The van der Waals surface area contributed by atoms with Crippen LogP contribution in [-0.4, -0.2) is 19.0 Å². The van der Waals surface area contributed by atoms with Crippen LogP contribution in [0.2, 0.25) is 0 Å².